The Morgan fingerprint density at radius 3 is 2.43 bits per heavy atom. The zero-order valence-electron chi connectivity index (χ0n) is 12.6. The van der Waals surface area contributed by atoms with Crippen LogP contribution in [0.1, 0.15) is 36.0 Å². The number of hydrogen-bond acceptors (Lipinski definition) is 5. The summed E-state index contributed by atoms with van der Waals surface area (Å²) in [7, 11) is 1.39. The number of anilines is 1. The van der Waals surface area contributed by atoms with Crippen LogP contribution in [-0.2, 0) is 10.2 Å². The van der Waals surface area contributed by atoms with E-state index in [9.17, 15) is 4.79 Å². The summed E-state index contributed by atoms with van der Waals surface area (Å²) in [4.78, 5) is 13.3. The molecule has 0 radical (unpaired) electrons. The zero-order chi connectivity index (χ0) is 15.5. The third-order valence-electron chi connectivity index (χ3n) is 3.04. The lowest BCUT2D eigenvalue weighted by atomic mass is 9.87. The second kappa shape index (κ2) is 6.54. The summed E-state index contributed by atoms with van der Waals surface area (Å²) in [5.74, 6) is -0.309. The Morgan fingerprint density at radius 2 is 1.86 bits per heavy atom. The summed E-state index contributed by atoms with van der Waals surface area (Å²) < 4.78 is 7.97. The van der Waals surface area contributed by atoms with Gasteiger partial charge in [-0.15, -0.1) is 11.3 Å². The van der Waals surface area contributed by atoms with Crippen LogP contribution in [0, 0.1) is 0 Å². The van der Waals surface area contributed by atoms with E-state index in [1.165, 1.54) is 36.0 Å². The van der Waals surface area contributed by atoms with Crippen molar-refractivity contribution >= 4 is 34.9 Å². The third kappa shape index (κ3) is 4.02. The molecule has 2 aromatic rings. The average molecular weight is 321 g/mol. The van der Waals surface area contributed by atoms with Crippen LogP contribution in [0.4, 0.5) is 5.69 Å². The first-order chi connectivity index (χ1) is 9.91. The second-order valence-electron chi connectivity index (χ2n) is 5.63. The standard InChI is InChI=1S/C16H19NO2S2/c1-16(2,3)11-5-7-12(8-6-11)21-17-13-9-10-20-14(13)15(18)19-4/h5-10,17H,1-4H3. The van der Waals surface area contributed by atoms with Crippen LogP contribution in [0.25, 0.3) is 0 Å². The summed E-state index contributed by atoms with van der Waals surface area (Å²) in [6.45, 7) is 6.59. The van der Waals surface area contributed by atoms with Crippen LogP contribution in [0.2, 0.25) is 0 Å². The van der Waals surface area contributed by atoms with Gasteiger partial charge in [-0.1, -0.05) is 32.9 Å². The minimum Gasteiger partial charge on any atom is -0.465 e. The largest absolute Gasteiger partial charge is 0.465 e. The molecule has 0 aliphatic rings. The third-order valence-corrected chi connectivity index (χ3v) is 4.76. The van der Waals surface area contributed by atoms with Crippen molar-refractivity contribution in [3.63, 3.8) is 0 Å². The Morgan fingerprint density at radius 1 is 1.19 bits per heavy atom. The highest BCUT2D eigenvalue weighted by molar-refractivity contribution is 8.00. The fraction of sp³-hybridized carbons (Fsp3) is 0.312. The van der Waals surface area contributed by atoms with Crippen molar-refractivity contribution in [2.75, 3.05) is 11.8 Å². The molecule has 1 N–H and O–H groups in total. The predicted octanol–water partition coefficient (Wildman–Crippen LogP) is 4.95. The molecule has 1 heterocycles. The molecule has 2 rings (SSSR count). The van der Waals surface area contributed by atoms with Gasteiger partial charge < -0.3 is 9.46 Å². The van der Waals surface area contributed by atoms with Gasteiger partial charge in [-0.3, -0.25) is 0 Å². The number of methoxy groups -OCH3 is 1. The lowest BCUT2D eigenvalue weighted by Gasteiger charge is -2.19. The molecule has 3 nitrogen and oxygen atoms in total. The van der Waals surface area contributed by atoms with E-state index in [0.717, 1.165) is 10.6 Å². The SMILES string of the molecule is COC(=O)c1sccc1NSc1ccc(C(C)(C)C)cc1. The van der Waals surface area contributed by atoms with E-state index >= 15 is 0 Å². The van der Waals surface area contributed by atoms with Crippen molar-refractivity contribution in [3.8, 4) is 0 Å². The topological polar surface area (TPSA) is 38.3 Å². The molecule has 0 spiro atoms. The van der Waals surface area contributed by atoms with E-state index in [1.54, 1.807) is 0 Å². The highest BCUT2D eigenvalue weighted by Crippen LogP contribution is 2.30. The van der Waals surface area contributed by atoms with Gasteiger partial charge in [-0.25, -0.2) is 4.79 Å². The minimum absolute atomic E-state index is 0.155. The number of rotatable bonds is 4. The van der Waals surface area contributed by atoms with E-state index in [1.807, 2.05) is 11.4 Å². The lowest BCUT2D eigenvalue weighted by molar-refractivity contribution is 0.0607. The number of benzene rings is 1. The number of esters is 1. The van der Waals surface area contributed by atoms with Gasteiger partial charge in [0.05, 0.1) is 12.8 Å². The highest BCUT2D eigenvalue weighted by atomic mass is 32.2. The van der Waals surface area contributed by atoms with Crippen molar-refractivity contribution in [3.05, 3.63) is 46.2 Å². The van der Waals surface area contributed by atoms with Crippen molar-refractivity contribution in [1.82, 2.24) is 0 Å². The molecule has 0 unspecified atom stereocenters. The number of carbonyl (C=O) groups is 1. The molecule has 21 heavy (non-hydrogen) atoms. The van der Waals surface area contributed by atoms with E-state index in [2.05, 4.69) is 49.8 Å². The molecular weight excluding hydrogens is 302 g/mol. The second-order valence-corrected chi connectivity index (χ2v) is 7.43. The molecule has 112 valence electrons. The van der Waals surface area contributed by atoms with E-state index in [4.69, 9.17) is 4.74 Å². The Bertz CT molecular complexity index is 612. The van der Waals surface area contributed by atoms with Gasteiger partial charge in [-0.05, 0) is 46.5 Å². The number of ether oxygens (including phenoxy) is 1. The van der Waals surface area contributed by atoms with Gasteiger partial charge >= 0.3 is 5.97 Å². The fourth-order valence-electron chi connectivity index (χ4n) is 1.78. The maximum atomic E-state index is 11.6. The molecule has 0 saturated heterocycles. The quantitative estimate of drug-likeness (QED) is 0.638. The van der Waals surface area contributed by atoms with Crippen LogP contribution in [0.3, 0.4) is 0 Å². The fourth-order valence-corrected chi connectivity index (χ4v) is 3.28. The molecule has 0 aliphatic carbocycles. The van der Waals surface area contributed by atoms with Crippen LogP contribution >= 0.6 is 23.3 Å². The molecule has 0 fully saturated rings. The minimum atomic E-state index is -0.309. The summed E-state index contributed by atoms with van der Waals surface area (Å²) >= 11 is 2.86. The van der Waals surface area contributed by atoms with Gasteiger partial charge in [0, 0.05) is 4.90 Å². The van der Waals surface area contributed by atoms with Crippen molar-refractivity contribution in [2.45, 2.75) is 31.1 Å². The van der Waals surface area contributed by atoms with Gasteiger partial charge in [-0.2, -0.15) is 0 Å². The maximum absolute atomic E-state index is 11.6. The van der Waals surface area contributed by atoms with Gasteiger partial charge in [0.25, 0.3) is 0 Å². The Hall–Kier alpha value is -1.46. The molecule has 5 heteroatoms. The van der Waals surface area contributed by atoms with Crippen molar-refractivity contribution < 1.29 is 9.53 Å². The van der Waals surface area contributed by atoms with Gasteiger partial charge in [0.1, 0.15) is 4.88 Å². The van der Waals surface area contributed by atoms with E-state index < -0.39 is 0 Å². The van der Waals surface area contributed by atoms with E-state index in [0.29, 0.717) is 4.88 Å². The molecule has 0 bridgehead atoms. The van der Waals surface area contributed by atoms with Gasteiger partial charge in [0.15, 0.2) is 0 Å². The number of hydrogen-bond donors (Lipinski definition) is 1. The predicted molar refractivity (Wildman–Crippen MR) is 90.3 cm³/mol. The van der Waals surface area contributed by atoms with E-state index in [-0.39, 0.29) is 11.4 Å². The summed E-state index contributed by atoms with van der Waals surface area (Å²) in [6.07, 6.45) is 0. The summed E-state index contributed by atoms with van der Waals surface area (Å²) in [5.41, 5.74) is 2.25. The lowest BCUT2D eigenvalue weighted by Crippen LogP contribution is -2.10. The normalized spacial score (nSPS) is 11.2. The maximum Gasteiger partial charge on any atom is 0.350 e. The van der Waals surface area contributed by atoms with Crippen LogP contribution in [0.15, 0.2) is 40.6 Å². The van der Waals surface area contributed by atoms with Crippen LogP contribution in [-0.4, -0.2) is 13.1 Å². The molecular formula is C16H19NO2S2. The zero-order valence-corrected chi connectivity index (χ0v) is 14.2. The number of nitrogens with one attached hydrogen (secondary N) is 1. The molecule has 0 saturated carbocycles. The summed E-state index contributed by atoms with van der Waals surface area (Å²) in [5, 5.41) is 1.87. The highest BCUT2D eigenvalue weighted by Gasteiger charge is 2.15. The molecule has 0 atom stereocenters. The Kier molecular flexibility index (Phi) is 4.96. The molecule has 0 amide bonds. The first-order valence-electron chi connectivity index (χ1n) is 6.61. The summed E-state index contributed by atoms with van der Waals surface area (Å²) in [6, 6.07) is 10.3. The molecule has 1 aromatic carbocycles. The molecule has 0 aliphatic heterocycles. The monoisotopic (exact) mass is 321 g/mol. The van der Waals surface area contributed by atoms with Crippen molar-refractivity contribution in [1.29, 1.82) is 0 Å². The Labute approximate surface area is 133 Å². The van der Waals surface area contributed by atoms with Gasteiger partial charge in [0.2, 0.25) is 0 Å². The number of thiophene rings is 1. The number of carbonyl (C=O) groups excluding carboxylic acids is 1. The van der Waals surface area contributed by atoms with Crippen LogP contribution in [0.5, 0.6) is 0 Å². The molecule has 1 aromatic heterocycles. The van der Waals surface area contributed by atoms with Crippen LogP contribution < -0.4 is 4.72 Å². The van der Waals surface area contributed by atoms with Crippen molar-refractivity contribution in [2.24, 2.45) is 0 Å². The first kappa shape index (κ1) is 15.9. The smallest absolute Gasteiger partial charge is 0.350 e. The Balaban J connectivity index is 2.04. The first-order valence-corrected chi connectivity index (χ1v) is 8.30. The average Bonchev–Trinajstić information content (AvgIpc) is 2.92.